The van der Waals surface area contributed by atoms with Gasteiger partial charge in [-0.05, 0) is 31.6 Å². The molecule has 0 aromatic heterocycles. The van der Waals surface area contributed by atoms with Gasteiger partial charge in [0.1, 0.15) is 0 Å². The van der Waals surface area contributed by atoms with Gasteiger partial charge in [0.2, 0.25) is 0 Å². The zero-order chi connectivity index (χ0) is 8.65. The third-order valence-corrected chi connectivity index (χ3v) is 2.59. The molecule has 0 saturated heterocycles. The van der Waals surface area contributed by atoms with E-state index in [0.717, 1.165) is 18.8 Å². The maximum absolute atomic E-state index is 8.57. The molecule has 0 heterocycles. The van der Waals surface area contributed by atoms with Gasteiger partial charge in [0, 0.05) is 6.61 Å². The molecule has 0 aromatic carbocycles. The van der Waals surface area contributed by atoms with E-state index in [4.69, 9.17) is 5.11 Å². The summed E-state index contributed by atoms with van der Waals surface area (Å²) < 4.78 is 0. The zero-order valence-electron chi connectivity index (χ0n) is 7.84. The smallest absolute Gasteiger partial charge is 0.0433 e. The molecule has 1 fully saturated rings. The summed E-state index contributed by atoms with van der Waals surface area (Å²) in [7, 11) is 0. The first-order chi connectivity index (χ1) is 5.93. The van der Waals surface area contributed by atoms with E-state index in [1.54, 1.807) is 0 Å². The Kier molecular flexibility index (Phi) is 5.09. The van der Waals surface area contributed by atoms with Crippen molar-refractivity contribution >= 4 is 0 Å². The molecular formula is C11H20O. The second-order valence-corrected chi connectivity index (χ2v) is 3.69. The second-order valence-electron chi connectivity index (χ2n) is 3.69. The summed E-state index contributed by atoms with van der Waals surface area (Å²) in [5.41, 5.74) is 0. The van der Waals surface area contributed by atoms with Crippen LogP contribution < -0.4 is 0 Å². The Bertz CT molecular complexity index is 123. The molecule has 70 valence electrons. The van der Waals surface area contributed by atoms with Crippen LogP contribution in [0.5, 0.6) is 0 Å². The molecule has 1 aliphatic carbocycles. The van der Waals surface area contributed by atoms with Gasteiger partial charge in [-0.2, -0.15) is 0 Å². The van der Waals surface area contributed by atoms with E-state index in [9.17, 15) is 0 Å². The molecular weight excluding hydrogens is 148 g/mol. The number of allylic oxidation sites excluding steroid dienone is 2. The third-order valence-electron chi connectivity index (χ3n) is 2.59. The van der Waals surface area contributed by atoms with Gasteiger partial charge in [0.25, 0.3) is 0 Å². The van der Waals surface area contributed by atoms with E-state index in [1.165, 1.54) is 32.1 Å². The summed E-state index contributed by atoms with van der Waals surface area (Å²) in [6.45, 7) is 0.328. The Balaban J connectivity index is 2.07. The van der Waals surface area contributed by atoms with Crippen LogP contribution in [0.15, 0.2) is 12.2 Å². The molecule has 0 unspecified atom stereocenters. The molecule has 12 heavy (non-hydrogen) atoms. The van der Waals surface area contributed by atoms with Gasteiger partial charge in [-0.25, -0.2) is 0 Å². The van der Waals surface area contributed by atoms with Gasteiger partial charge in [-0.1, -0.05) is 31.4 Å². The van der Waals surface area contributed by atoms with Crippen LogP contribution in [0, 0.1) is 5.92 Å². The molecule has 1 saturated carbocycles. The molecule has 1 rings (SSSR count). The number of rotatable bonds is 4. The Morgan fingerprint density at radius 3 is 2.58 bits per heavy atom. The van der Waals surface area contributed by atoms with Crippen molar-refractivity contribution in [3.05, 3.63) is 12.2 Å². The first-order valence-corrected chi connectivity index (χ1v) is 5.21. The highest BCUT2D eigenvalue weighted by molar-refractivity contribution is 4.89. The molecule has 1 heteroatoms. The van der Waals surface area contributed by atoms with Crippen molar-refractivity contribution in [3.8, 4) is 0 Å². The molecule has 0 amide bonds. The van der Waals surface area contributed by atoms with Crippen molar-refractivity contribution < 1.29 is 5.11 Å². The fraction of sp³-hybridized carbons (Fsp3) is 0.818. The van der Waals surface area contributed by atoms with Crippen molar-refractivity contribution in [2.45, 2.75) is 44.9 Å². The average Bonchev–Trinajstić information content (AvgIpc) is 2.14. The van der Waals surface area contributed by atoms with Crippen molar-refractivity contribution in [1.29, 1.82) is 0 Å². The molecule has 0 bridgehead atoms. The lowest BCUT2D eigenvalue weighted by molar-refractivity contribution is 0.289. The van der Waals surface area contributed by atoms with Gasteiger partial charge in [-0.3, -0.25) is 0 Å². The van der Waals surface area contributed by atoms with E-state index in [0.29, 0.717) is 6.61 Å². The Labute approximate surface area is 75.5 Å². The monoisotopic (exact) mass is 168 g/mol. The predicted molar refractivity (Wildman–Crippen MR) is 52.0 cm³/mol. The van der Waals surface area contributed by atoms with Crippen LogP contribution in [0.3, 0.4) is 0 Å². The van der Waals surface area contributed by atoms with Gasteiger partial charge in [-0.15, -0.1) is 0 Å². The summed E-state index contributed by atoms with van der Waals surface area (Å²) in [4.78, 5) is 0. The maximum atomic E-state index is 8.57. The highest BCUT2D eigenvalue weighted by Crippen LogP contribution is 2.24. The fourth-order valence-corrected chi connectivity index (χ4v) is 1.82. The van der Waals surface area contributed by atoms with E-state index in [2.05, 4.69) is 12.2 Å². The zero-order valence-corrected chi connectivity index (χ0v) is 7.84. The lowest BCUT2D eigenvalue weighted by Gasteiger charge is -2.17. The second kappa shape index (κ2) is 6.24. The van der Waals surface area contributed by atoms with Gasteiger partial charge < -0.3 is 5.11 Å². The SMILES string of the molecule is OCCCC=CC1CCCCC1. The van der Waals surface area contributed by atoms with Crippen molar-refractivity contribution in [2.24, 2.45) is 5.92 Å². The minimum Gasteiger partial charge on any atom is -0.396 e. The summed E-state index contributed by atoms with van der Waals surface area (Å²) in [6.07, 6.45) is 13.6. The average molecular weight is 168 g/mol. The minimum atomic E-state index is 0.328. The number of aliphatic hydroxyl groups excluding tert-OH is 1. The first-order valence-electron chi connectivity index (χ1n) is 5.21. The minimum absolute atomic E-state index is 0.328. The lowest BCUT2D eigenvalue weighted by Crippen LogP contribution is -2.02. The first kappa shape index (κ1) is 9.79. The summed E-state index contributed by atoms with van der Waals surface area (Å²) in [6, 6.07) is 0. The van der Waals surface area contributed by atoms with E-state index in [1.807, 2.05) is 0 Å². The molecule has 0 aromatic rings. The van der Waals surface area contributed by atoms with E-state index >= 15 is 0 Å². The molecule has 0 spiro atoms. The maximum Gasteiger partial charge on any atom is 0.0433 e. The number of hydrogen-bond acceptors (Lipinski definition) is 1. The highest BCUT2D eigenvalue weighted by atomic mass is 16.2. The van der Waals surface area contributed by atoms with Crippen LogP contribution in [0.25, 0.3) is 0 Å². The van der Waals surface area contributed by atoms with Crippen LogP contribution in [0.2, 0.25) is 0 Å². The molecule has 1 aliphatic rings. The lowest BCUT2D eigenvalue weighted by atomic mass is 9.89. The molecule has 0 aliphatic heterocycles. The quantitative estimate of drug-likeness (QED) is 0.505. The van der Waals surface area contributed by atoms with Crippen LogP contribution >= 0.6 is 0 Å². The van der Waals surface area contributed by atoms with Crippen molar-refractivity contribution in [3.63, 3.8) is 0 Å². The van der Waals surface area contributed by atoms with Gasteiger partial charge >= 0.3 is 0 Å². The Hall–Kier alpha value is -0.300. The number of aliphatic hydroxyl groups is 1. The molecule has 1 N–H and O–H groups in total. The van der Waals surface area contributed by atoms with Crippen molar-refractivity contribution in [2.75, 3.05) is 6.61 Å². The summed E-state index contributed by atoms with van der Waals surface area (Å²) >= 11 is 0. The third kappa shape index (κ3) is 3.91. The number of hydrogen-bond donors (Lipinski definition) is 1. The van der Waals surface area contributed by atoms with Crippen LogP contribution in [0.1, 0.15) is 44.9 Å². The molecule has 0 atom stereocenters. The predicted octanol–water partition coefficient (Wildman–Crippen LogP) is 2.90. The van der Waals surface area contributed by atoms with Crippen LogP contribution in [-0.4, -0.2) is 11.7 Å². The van der Waals surface area contributed by atoms with E-state index < -0.39 is 0 Å². The van der Waals surface area contributed by atoms with Crippen molar-refractivity contribution in [1.82, 2.24) is 0 Å². The van der Waals surface area contributed by atoms with Gasteiger partial charge in [0.05, 0.1) is 0 Å². The highest BCUT2D eigenvalue weighted by Gasteiger charge is 2.08. The standard InChI is InChI=1S/C11H20O/c12-10-6-2-5-9-11-7-3-1-4-8-11/h5,9,11-12H,1-4,6-8,10H2. The topological polar surface area (TPSA) is 20.2 Å². The fourth-order valence-electron chi connectivity index (χ4n) is 1.82. The number of unbranched alkanes of at least 4 members (excludes halogenated alkanes) is 1. The largest absolute Gasteiger partial charge is 0.396 e. The van der Waals surface area contributed by atoms with Crippen LogP contribution in [0.4, 0.5) is 0 Å². The Morgan fingerprint density at radius 1 is 1.17 bits per heavy atom. The molecule has 1 nitrogen and oxygen atoms in total. The summed E-state index contributed by atoms with van der Waals surface area (Å²) in [5, 5.41) is 8.57. The molecule has 0 radical (unpaired) electrons. The normalized spacial score (nSPS) is 20.4. The Morgan fingerprint density at radius 2 is 1.92 bits per heavy atom. The van der Waals surface area contributed by atoms with Gasteiger partial charge in [0.15, 0.2) is 0 Å². The van der Waals surface area contributed by atoms with Crippen LogP contribution in [-0.2, 0) is 0 Å². The summed E-state index contributed by atoms with van der Waals surface area (Å²) in [5.74, 6) is 0.845. The van der Waals surface area contributed by atoms with E-state index in [-0.39, 0.29) is 0 Å².